The van der Waals surface area contributed by atoms with Crippen molar-refractivity contribution in [3.05, 3.63) is 70.8 Å². The molecule has 1 amide bonds. The molecule has 1 heterocycles. The molecular formula is C23H23NO4. The first-order valence-corrected chi connectivity index (χ1v) is 8.99. The van der Waals surface area contributed by atoms with E-state index in [1.165, 1.54) is 6.92 Å². The molecular weight excluding hydrogens is 354 g/mol. The zero-order chi connectivity index (χ0) is 20.1. The van der Waals surface area contributed by atoms with Crippen LogP contribution in [0.4, 0.5) is 0 Å². The number of nitrogens with zero attached hydrogens (tertiary/aromatic N) is 1. The van der Waals surface area contributed by atoms with E-state index in [0.717, 1.165) is 22.6 Å². The zero-order valence-electron chi connectivity index (χ0n) is 16.3. The minimum Gasteiger partial charge on any atom is -0.497 e. The maximum absolute atomic E-state index is 13.0. The van der Waals surface area contributed by atoms with E-state index >= 15 is 0 Å². The maximum atomic E-state index is 13.0. The van der Waals surface area contributed by atoms with Crippen molar-refractivity contribution in [2.75, 3.05) is 27.3 Å². The average Bonchev–Trinajstić information content (AvgIpc) is 2.71. The van der Waals surface area contributed by atoms with Crippen LogP contribution in [-0.4, -0.2) is 43.9 Å². The molecule has 0 saturated carbocycles. The molecule has 0 unspecified atom stereocenters. The van der Waals surface area contributed by atoms with Gasteiger partial charge in [0.15, 0.2) is 5.78 Å². The Balaban J connectivity index is 1.93. The summed E-state index contributed by atoms with van der Waals surface area (Å²) in [5.74, 6) is 1.41. The van der Waals surface area contributed by atoms with Crippen molar-refractivity contribution in [3.63, 3.8) is 0 Å². The summed E-state index contributed by atoms with van der Waals surface area (Å²) in [6.45, 7) is 2.13. The van der Waals surface area contributed by atoms with Crippen LogP contribution in [0, 0.1) is 0 Å². The Morgan fingerprint density at radius 3 is 1.54 bits per heavy atom. The zero-order valence-corrected chi connectivity index (χ0v) is 16.3. The average molecular weight is 377 g/mol. The number of rotatable bonds is 4. The summed E-state index contributed by atoms with van der Waals surface area (Å²) < 4.78 is 10.3. The van der Waals surface area contributed by atoms with Crippen molar-refractivity contribution >= 4 is 23.8 Å². The first-order valence-electron chi connectivity index (χ1n) is 8.99. The van der Waals surface area contributed by atoms with Gasteiger partial charge in [0.2, 0.25) is 5.91 Å². The van der Waals surface area contributed by atoms with E-state index in [-0.39, 0.29) is 11.7 Å². The van der Waals surface area contributed by atoms with Gasteiger partial charge in [-0.15, -0.1) is 0 Å². The van der Waals surface area contributed by atoms with Crippen LogP contribution in [0.15, 0.2) is 59.7 Å². The fraction of sp³-hybridized carbons (Fsp3) is 0.217. The molecule has 3 rings (SSSR count). The van der Waals surface area contributed by atoms with Gasteiger partial charge < -0.3 is 14.4 Å². The highest BCUT2D eigenvalue weighted by Gasteiger charge is 2.27. The van der Waals surface area contributed by atoms with Gasteiger partial charge in [0.05, 0.1) is 14.2 Å². The molecule has 0 bridgehead atoms. The summed E-state index contributed by atoms with van der Waals surface area (Å²) in [5, 5.41) is 0. The van der Waals surface area contributed by atoms with Crippen LogP contribution in [0.5, 0.6) is 11.5 Å². The van der Waals surface area contributed by atoms with Crippen LogP contribution < -0.4 is 9.47 Å². The lowest BCUT2D eigenvalue weighted by Gasteiger charge is -2.29. The second-order valence-corrected chi connectivity index (χ2v) is 6.59. The molecule has 0 aliphatic carbocycles. The van der Waals surface area contributed by atoms with Gasteiger partial charge in [-0.25, -0.2) is 0 Å². The monoisotopic (exact) mass is 377 g/mol. The third-order valence-electron chi connectivity index (χ3n) is 4.66. The number of piperidine rings is 1. The number of carbonyl (C=O) groups excluding carboxylic acids is 2. The minimum atomic E-state index is -0.0613. The van der Waals surface area contributed by atoms with Gasteiger partial charge >= 0.3 is 0 Å². The minimum absolute atomic E-state index is 0.0378. The number of likely N-dealkylation sites (tertiary alicyclic amines) is 1. The van der Waals surface area contributed by atoms with E-state index in [1.54, 1.807) is 19.1 Å². The van der Waals surface area contributed by atoms with Crippen molar-refractivity contribution < 1.29 is 19.1 Å². The van der Waals surface area contributed by atoms with Crippen molar-refractivity contribution in [1.82, 2.24) is 4.90 Å². The Kier molecular flexibility index (Phi) is 5.94. The molecule has 1 aliphatic rings. The van der Waals surface area contributed by atoms with E-state index in [9.17, 15) is 9.59 Å². The van der Waals surface area contributed by atoms with Crippen molar-refractivity contribution in [3.8, 4) is 11.5 Å². The largest absolute Gasteiger partial charge is 0.497 e. The van der Waals surface area contributed by atoms with E-state index in [4.69, 9.17) is 9.47 Å². The number of carbonyl (C=O) groups is 2. The van der Waals surface area contributed by atoms with Crippen LogP contribution >= 0.6 is 0 Å². The number of ether oxygens (including phenoxy) is 2. The topological polar surface area (TPSA) is 55.8 Å². The van der Waals surface area contributed by atoms with E-state index in [0.29, 0.717) is 24.2 Å². The lowest BCUT2D eigenvalue weighted by molar-refractivity contribution is -0.129. The standard InChI is InChI=1S/C23H23NO4/c1-16(25)24-14-19(12-17-4-8-21(27-2)9-5-17)23(26)20(15-24)13-18-6-10-22(28-3)11-7-18/h4-13H,14-15H2,1-3H3/b19-12+,20-13+. The van der Waals surface area contributed by atoms with Gasteiger partial charge in [0, 0.05) is 31.2 Å². The van der Waals surface area contributed by atoms with E-state index < -0.39 is 0 Å². The van der Waals surface area contributed by atoms with Crippen LogP contribution in [-0.2, 0) is 9.59 Å². The highest BCUT2D eigenvalue weighted by Crippen LogP contribution is 2.23. The predicted molar refractivity (Wildman–Crippen MR) is 109 cm³/mol. The van der Waals surface area contributed by atoms with Crippen LogP contribution in [0.3, 0.4) is 0 Å². The quantitative estimate of drug-likeness (QED) is 0.764. The van der Waals surface area contributed by atoms with Crippen molar-refractivity contribution in [1.29, 1.82) is 0 Å². The lowest BCUT2D eigenvalue weighted by Crippen LogP contribution is -2.40. The number of Topliss-reactive ketones (excluding diaryl/α,β-unsaturated/α-hetero) is 1. The second-order valence-electron chi connectivity index (χ2n) is 6.59. The summed E-state index contributed by atoms with van der Waals surface area (Å²) >= 11 is 0. The van der Waals surface area contributed by atoms with Gasteiger partial charge in [-0.3, -0.25) is 9.59 Å². The fourth-order valence-corrected chi connectivity index (χ4v) is 3.06. The molecule has 0 radical (unpaired) electrons. The molecule has 5 heteroatoms. The normalized spacial score (nSPS) is 17.1. The molecule has 5 nitrogen and oxygen atoms in total. The Labute approximate surface area is 164 Å². The molecule has 0 aromatic heterocycles. The summed E-state index contributed by atoms with van der Waals surface area (Å²) in [6.07, 6.45) is 3.66. The van der Waals surface area contributed by atoms with Crippen molar-refractivity contribution in [2.45, 2.75) is 6.92 Å². The number of benzene rings is 2. The maximum Gasteiger partial charge on any atom is 0.220 e. The second kappa shape index (κ2) is 8.57. The van der Waals surface area contributed by atoms with Gasteiger partial charge in [0.1, 0.15) is 11.5 Å². The van der Waals surface area contributed by atoms with Gasteiger partial charge in [-0.1, -0.05) is 24.3 Å². The SMILES string of the molecule is COc1ccc(/C=C2\CN(C(C)=O)C/C(=C\c3ccc(OC)cc3)C2=O)cc1. The van der Waals surface area contributed by atoms with E-state index in [2.05, 4.69) is 0 Å². The fourth-order valence-electron chi connectivity index (χ4n) is 3.06. The van der Waals surface area contributed by atoms with E-state index in [1.807, 2.05) is 60.7 Å². The molecule has 2 aromatic carbocycles. The Morgan fingerprint density at radius 1 is 0.821 bits per heavy atom. The predicted octanol–water partition coefficient (Wildman–Crippen LogP) is 3.60. The number of ketones is 1. The molecule has 1 aliphatic heterocycles. The number of hydrogen-bond acceptors (Lipinski definition) is 4. The summed E-state index contributed by atoms with van der Waals surface area (Å²) in [7, 11) is 3.22. The Morgan fingerprint density at radius 2 is 1.21 bits per heavy atom. The first-order chi connectivity index (χ1) is 13.5. The summed E-state index contributed by atoms with van der Waals surface area (Å²) in [5.41, 5.74) is 2.95. The highest BCUT2D eigenvalue weighted by atomic mass is 16.5. The third-order valence-corrected chi connectivity index (χ3v) is 4.66. The Hall–Kier alpha value is -3.34. The lowest BCUT2D eigenvalue weighted by atomic mass is 9.94. The molecule has 28 heavy (non-hydrogen) atoms. The molecule has 1 saturated heterocycles. The molecule has 0 spiro atoms. The number of hydrogen-bond donors (Lipinski definition) is 0. The molecule has 144 valence electrons. The number of methoxy groups -OCH3 is 2. The first kappa shape index (κ1) is 19.4. The third kappa shape index (κ3) is 4.49. The summed E-state index contributed by atoms with van der Waals surface area (Å²) in [4.78, 5) is 26.7. The Bertz CT molecular complexity index is 855. The molecule has 0 N–H and O–H groups in total. The van der Waals surface area contributed by atoms with Gasteiger partial charge in [-0.2, -0.15) is 0 Å². The number of amides is 1. The van der Waals surface area contributed by atoms with Gasteiger partial charge in [0.25, 0.3) is 0 Å². The highest BCUT2D eigenvalue weighted by molar-refractivity contribution is 6.15. The molecule has 0 atom stereocenters. The van der Waals surface area contributed by atoms with Crippen LogP contribution in [0.2, 0.25) is 0 Å². The summed E-state index contributed by atoms with van der Waals surface area (Å²) in [6, 6.07) is 14.9. The van der Waals surface area contributed by atoms with Crippen molar-refractivity contribution in [2.24, 2.45) is 0 Å². The van der Waals surface area contributed by atoms with Crippen LogP contribution in [0.1, 0.15) is 18.1 Å². The van der Waals surface area contributed by atoms with Gasteiger partial charge in [-0.05, 0) is 47.5 Å². The molecule has 1 fully saturated rings. The smallest absolute Gasteiger partial charge is 0.220 e. The van der Waals surface area contributed by atoms with Crippen LogP contribution in [0.25, 0.3) is 12.2 Å². The molecule has 2 aromatic rings.